The van der Waals surface area contributed by atoms with E-state index in [1.807, 2.05) is 49.5 Å². The standard InChI is InChI=1S/C15H17N3OS/c1-18(10-11-6-5-9-14(17-11)19-2)13-8-4-3-7-12(13)15(16)20/h3-9H,10H2,1-2H3,(H2,16,20). The summed E-state index contributed by atoms with van der Waals surface area (Å²) < 4.78 is 5.13. The van der Waals surface area contributed by atoms with Crippen LogP contribution in [0.4, 0.5) is 5.69 Å². The average molecular weight is 287 g/mol. The minimum absolute atomic E-state index is 0.394. The fraction of sp³-hybridized carbons (Fsp3) is 0.200. The van der Waals surface area contributed by atoms with E-state index in [1.54, 1.807) is 7.11 Å². The lowest BCUT2D eigenvalue weighted by Gasteiger charge is -2.21. The van der Waals surface area contributed by atoms with Crippen LogP contribution in [0.2, 0.25) is 0 Å². The Bertz CT molecular complexity index is 616. The van der Waals surface area contributed by atoms with Crippen LogP contribution in [-0.2, 0) is 6.54 Å². The quantitative estimate of drug-likeness (QED) is 0.856. The molecule has 0 aliphatic heterocycles. The third kappa shape index (κ3) is 3.24. The third-order valence-electron chi connectivity index (χ3n) is 2.97. The highest BCUT2D eigenvalue weighted by atomic mass is 32.1. The molecule has 20 heavy (non-hydrogen) atoms. The topological polar surface area (TPSA) is 51.4 Å². The molecule has 2 N–H and O–H groups in total. The molecule has 0 aliphatic carbocycles. The first kappa shape index (κ1) is 14.3. The zero-order chi connectivity index (χ0) is 14.5. The number of nitrogens with zero attached hydrogens (tertiary/aromatic N) is 2. The number of hydrogen-bond donors (Lipinski definition) is 1. The number of ether oxygens (including phenoxy) is 1. The molecule has 2 rings (SSSR count). The highest BCUT2D eigenvalue weighted by Crippen LogP contribution is 2.21. The molecule has 4 nitrogen and oxygen atoms in total. The van der Waals surface area contributed by atoms with Crippen molar-refractivity contribution in [1.29, 1.82) is 0 Å². The molecule has 0 bridgehead atoms. The van der Waals surface area contributed by atoms with Gasteiger partial charge in [0.2, 0.25) is 5.88 Å². The normalized spacial score (nSPS) is 10.1. The van der Waals surface area contributed by atoms with E-state index in [9.17, 15) is 0 Å². The van der Waals surface area contributed by atoms with Gasteiger partial charge in [0.15, 0.2) is 0 Å². The van der Waals surface area contributed by atoms with Crippen LogP contribution >= 0.6 is 12.2 Å². The van der Waals surface area contributed by atoms with Crippen molar-refractivity contribution in [2.75, 3.05) is 19.1 Å². The number of hydrogen-bond acceptors (Lipinski definition) is 4. The van der Waals surface area contributed by atoms with Crippen LogP contribution in [0.1, 0.15) is 11.3 Å². The number of methoxy groups -OCH3 is 1. The zero-order valence-electron chi connectivity index (χ0n) is 11.5. The second kappa shape index (κ2) is 6.34. The first-order valence-corrected chi connectivity index (χ1v) is 6.62. The molecule has 0 amide bonds. The molecule has 5 heteroatoms. The van der Waals surface area contributed by atoms with Gasteiger partial charge in [-0.15, -0.1) is 0 Å². The van der Waals surface area contributed by atoms with E-state index in [1.165, 1.54) is 0 Å². The first-order valence-electron chi connectivity index (χ1n) is 6.21. The number of benzene rings is 1. The molecule has 0 radical (unpaired) electrons. The molecule has 104 valence electrons. The maximum atomic E-state index is 5.76. The molecule has 0 fully saturated rings. The molecule has 0 saturated heterocycles. The van der Waals surface area contributed by atoms with E-state index in [0.29, 0.717) is 17.4 Å². The maximum Gasteiger partial charge on any atom is 0.213 e. The summed E-state index contributed by atoms with van der Waals surface area (Å²) in [6.45, 7) is 0.650. The van der Waals surface area contributed by atoms with Gasteiger partial charge in [-0.1, -0.05) is 30.4 Å². The smallest absolute Gasteiger partial charge is 0.213 e. The Hall–Kier alpha value is -2.14. The van der Waals surface area contributed by atoms with E-state index in [4.69, 9.17) is 22.7 Å². The molecule has 1 aromatic carbocycles. The largest absolute Gasteiger partial charge is 0.481 e. The van der Waals surface area contributed by atoms with Crippen LogP contribution in [-0.4, -0.2) is 24.1 Å². The highest BCUT2D eigenvalue weighted by molar-refractivity contribution is 7.80. The SMILES string of the molecule is COc1cccc(CN(C)c2ccccc2C(N)=S)n1. The Morgan fingerprint density at radius 2 is 2.00 bits per heavy atom. The summed E-state index contributed by atoms with van der Waals surface area (Å²) in [5.41, 5.74) is 8.54. The average Bonchev–Trinajstić information content (AvgIpc) is 2.47. The molecular formula is C15H17N3OS. The Labute approximate surface area is 124 Å². The number of nitrogens with two attached hydrogens (primary N) is 1. The lowest BCUT2D eigenvalue weighted by atomic mass is 10.1. The summed E-state index contributed by atoms with van der Waals surface area (Å²) in [7, 11) is 3.59. The summed E-state index contributed by atoms with van der Waals surface area (Å²) in [5, 5.41) is 0. The van der Waals surface area contributed by atoms with Gasteiger partial charge in [0, 0.05) is 24.4 Å². The summed E-state index contributed by atoms with van der Waals surface area (Å²) in [5.74, 6) is 0.610. The van der Waals surface area contributed by atoms with Gasteiger partial charge >= 0.3 is 0 Å². The van der Waals surface area contributed by atoms with Gasteiger partial charge in [0.1, 0.15) is 4.99 Å². The number of rotatable bonds is 5. The van der Waals surface area contributed by atoms with Crippen molar-refractivity contribution >= 4 is 22.9 Å². The summed E-state index contributed by atoms with van der Waals surface area (Å²) in [4.78, 5) is 6.86. The lowest BCUT2D eigenvalue weighted by Crippen LogP contribution is -2.22. The molecule has 0 aliphatic rings. The van der Waals surface area contributed by atoms with E-state index in [2.05, 4.69) is 9.88 Å². The van der Waals surface area contributed by atoms with Crippen molar-refractivity contribution in [3.8, 4) is 5.88 Å². The summed E-state index contributed by atoms with van der Waals surface area (Å²) in [6, 6.07) is 13.5. The summed E-state index contributed by atoms with van der Waals surface area (Å²) >= 11 is 5.09. The van der Waals surface area contributed by atoms with Crippen LogP contribution in [0.25, 0.3) is 0 Å². The van der Waals surface area contributed by atoms with E-state index >= 15 is 0 Å². The molecule has 0 spiro atoms. The third-order valence-corrected chi connectivity index (χ3v) is 3.19. The molecule has 0 unspecified atom stereocenters. The first-order chi connectivity index (χ1) is 9.61. The van der Waals surface area contributed by atoms with Crippen molar-refractivity contribution in [3.05, 3.63) is 53.7 Å². The van der Waals surface area contributed by atoms with E-state index < -0.39 is 0 Å². The van der Waals surface area contributed by atoms with Crippen molar-refractivity contribution < 1.29 is 4.74 Å². The summed E-state index contributed by atoms with van der Waals surface area (Å²) in [6.07, 6.45) is 0. The van der Waals surface area contributed by atoms with Crippen molar-refractivity contribution in [1.82, 2.24) is 4.98 Å². The highest BCUT2D eigenvalue weighted by Gasteiger charge is 2.10. The molecule has 0 saturated carbocycles. The molecular weight excluding hydrogens is 270 g/mol. The van der Waals surface area contributed by atoms with Crippen LogP contribution in [0.3, 0.4) is 0 Å². The Morgan fingerprint density at radius 3 is 2.70 bits per heavy atom. The number of aromatic nitrogens is 1. The molecule has 0 atom stereocenters. The van der Waals surface area contributed by atoms with Crippen LogP contribution in [0, 0.1) is 0 Å². The fourth-order valence-electron chi connectivity index (χ4n) is 2.00. The van der Waals surface area contributed by atoms with Gasteiger partial charge in [-0.2, -0.15) is 0 Å². The van der Waals surface area contributed by atoms with Gasteiger partial charge in [0.25, 0.3) is 0 Å². The van der Waals surface area contributed by atoms with Crippen LogP contribution in [0.15, 0.2) is 42.5 Å². The van der Waals surface area contributed by atoms with Crippen LogP contribution < -0.4 is 15.4 Å². The Morgan fingerprint density at radius 1 is 1.25 bits per heavy atom. The van der Waals surface area contributed by atoms with Gasteiger partial charge in [0.05, 0.1) is 19.3 Å². The van der Waals surface area contributed by atoms with Gasteiger partial charge < -0.3 is 15.4 Å². The monoisotopic (exact) mass is 287 g/mol. The maximum absolute atomic E-state index is 5.76. The zero-order valence-corrected chi connectivity index (χ0v) is 12.4. The molecule has 2 aromatic rings. The molecule has 1 heterocycles. The van der Waals surface area contributed by atoms with E-state index in [0.717, 1.165) is 16.9 Å². The van der Waals surface area contributed by atoms with Crippen molar-refractivity contribution in [3.63, 3.8) is 0 Å². The fourth-order valence-corrected chi connectivity index (χ4v) is 2.17. The molecule has 1 aromatic heterocycles. The van der Waals surface area contributed by atoms with Gasteiger partial charge in [-0.25, -0.2) is 4.98 Å². The Balaban J connectivity index is 2.23. The van der Waals surface area contributed by atoms with E-state index in [-0.39, 0.29) is 0 Å². The van der Waals surface area contributed by atoms with Gasteiger partial charge in [-0.05, 0) is 18.2 Å². The lowest BCUT2D eigenvalue weighted by molar-refractivity contribution is 0.396. The second-order valence-electron chi connectivity index (χ2n) is 4.41. The van der Waals surface area contributed by atoms with Crippen molar-refractivity contribution in [2.45, 2.75) is 6.54 Å². The predicted octanol–water partition coefficient (Wildman–Crippen LogP) is 2.36. The predicted molar refractivity (Wildman–Crippen MR) is 85.2 cm³/mol. The van der Waals surface area contributed by atoms with Crippen molar-refractivity contribution in [2.24, 2.45) is 5.73 Å². The minimum atomic E-state index is 0.394. The van der Waals surface area contributed by atoms with Crippen LogP contribution in [0.5, 0.6) is 5.88 Å². The number of thiocarbonyl (C=S) groups is 1. The number of pyridine rings is 1. The Kier molecular flexibility index (Phi) is 4.53. The number of para-hydroxylation sites is 1. The second-order valence-corrected chi connectivity index (χ2v) is 4.85. The number of anilines is 1. The van der Waals surface area contributed by atoms with Gasteiger partial charge in [-0.3, -0.25) is 0 Å². The minimum Gasteiger partial charge on any atom is -0.481 e.